The summed E-state index contributed by atoms with van der Waals surface area (Å²) in [6.45, 7) is 3.88. The first kappa shape index (κ1) is 19.7. The zero-order valence-electron chi connectivity index (χ0n) is 16.5. The van der Waals surface area contributed by atoms with Crippen LogP contribution in [0.1, 0.15) is 41.8 Å². The van der Waals surface area contributed by atoms with E-state index in [9.17, 15) is 5.26 Å². The first-order chi connectivity index (χ1) is 14.3. The summed E-state index contributed by atoms with van der Waals surface area (Å²) >= 11 is 1.65. The van der Waals surface area contributed by atoms with Gasteiger partial charge in [0, 0.05) is 5.75 Å². The molecule has 0 atom stereocenters. The minimum absolute atomic E-state index is 0.709. The zero-order valence-corrected chi connectivity index (χ0v) is 17.3. The standard InChI is InChI=1S/C23H25N5S/c24-15-20-11-5-6-12-21(20)18-29-23-26-25-22(17-27-13-7-2-8-14-27)28(23)16-19-9-3-1-4-10-19/h1,3-6,9-12H,2,7-8,13-14,16-18H2. The second kappa shape index (κ2) is 9.73. The maximum atomic E-state index is 9.35. The molecule has 0 bridgehead atoms. The van der Waals surface area contributed by atoms with Gasteiger partial charge in [0.1, 0.15) is 5.82 Å². The molecule has 0 N–H and O–H groups in total. The number of thioether (sulfide) groups is 1. The largest absolute Gasteiger partial charge is 0.300 e. The van der Waals surface area contributed by atoms with Gasteiger partial charge in [0.25, 0.3) is 0 Å². The van der Waals surface area contributed by atoms with Gasteiger partial charge in [-0.15, -0.1) is 10.2 Å². The summed E-state index contributed by atoms with van der Waals surface area (Å²) in [6.07, 6.45) is 3.85. The average molecular weight is 404 g/mol. The molecule has 2 aromatic carbocycles. The Bertz CT molecular complexity index is 970. The van der Waals surface area contributed by atoms with Gasteiger partial charge in [-0.2, -0.15) is 5.26 Å². The molecule has 3 aromatic rings. The minimum Gasteiger partial charge on any atom is -0.300 e. The highest BCUT2D eigenvalue weighted by Gasteiger charge is 2.18. The molecule has 0 saturated carbocycles. The predicted molar refractivity (Wildman–Crippen MR) is 115 cm³/mol. The molecule has 1 saturated heterocycles. The van der Waals surface area contributed by atoms with Crippen LogP contribution in [0.3, 0.4) is 0 Å². The summed E-state index contributed by atoms with van der Waals surface area (Å²) in [4.78, 5) is 2.48. The van der Waals surface area contributed by atoms with Crippen molar-refractivity contribution in [1.29, 1.82) is 5.26 Å². The Morgan fingerprint density at radius 3 is 2.45 bits per heavy atom. The lowest BCUT2D eigenvalue weighted by molar-refractivity contribution is 0.213. The number of nitrogens with zero attached hydrogens (tertiary/aromatic N) is 5. The van der Waals surface area contributed by atoms with Gasteiger partial charge in [-0.3, -0.25) is 4.90 Å². The zero-order chi connectivity index (χ0) is 19.9. The molecule has 0 amide bonds. The van der Waals surface area contributed by atoms with Gasteiger partial charge in [-0.05, 0) is 43.1 Å². The third kappa shape index (κ3) is 5.06. The Morgan fingerprint density at radius 1 is 0.897 bits per heavy atom. The molecular formula is C23H25N5S. The smallest absolute Gasteiger partial charge is 0.191 e. The number of hydrogen-bond acceptors (Lipinski definition) is 5. The molecule has 4 rings (SSSR count). The molecule has 0 spiro atoms. The van der Waals surface area contributed by atoms with Crippen LogP contribution >= 0.6 is 11.8 Å². The molecule has 5 nitrogen and oxygen atoms in total. The summed E-state index contributed by atoms with van der Waals surface area (Å²) in [5.74, 6) is 1.73. The molecule has 1 aliphatic rings. The lowest BCUT2D eigenvalue weighted by Crippen LogP contribution is -2.30. The number of benzene rings is 2. The van der Waals surface area contributed by atoms with Crippen molar-refractivity contribution in [2.75, 3.05) is 13.1 Å². The van der Waals surface area contributed by atoms with Crippen LogP contribution in [-0.2, 0) is 18.8 Å². The van der Waals surface area contributed by atoms with Gasteiger partial charge in [0.05, 0.1) is 24.7 Å². The molecule has 1 aliphatic heterocycles. The number of piperidine rings is 1. The quantitative estimate of drug-likeness (QED) is 0.545. The van der Waals surface area contributed by atoms with Crippen LogP contribution < -0.4 is 0 Å². The second-order valence-electron chi connectivity index (χ2n) is 7.36. The van der Waals surface area contributed by atoms with Crippen LogP contribution in [-0.4, -0.2) is 32.8 Å². The van der Waals surface area contributed by atoms with Gasteiger partial charge in [-0.1, -0.05) is 66.7 Å². The molecule has 29 heavy (non-hydrogen) atoms. The van der Waals surface area contributed by atoms with Crippen LogP contribution in [0.25, 0.3) is 0 Å². The van der Waals surface area contributed by atoms with Crippen LogP contribution in [0.15, 0.2) is 59.8 Å². The molecule has 2 heterocycles. The van der Waals surface area contributed by atoms with Crippen molar-refractivity contribution in [3.05, 3.63) is 77.1 Å². The van der Waals surface area contributed by atoms with E-state index in [1.807, 2.05) is 30.3 Å². The Hall–Kier alpha value is -2.62. The first-order valence-electron chi connectivity index (χ1n) is 10.1. The summed E-state index contributed by atoms with van der Waals surface area (Å²) in [7, 11) is 0. The molecular weight excluding hydrogens is 378 g/mol. The highest BCUT2D eigenvalue weighted by Crippen LogP contribution is 2.25. The Balaban J connectivity index is 1.56. The summed E-state index contributed by atoms with van der Waals surface area (Å²) in [5, 5.41) is 19.3. The lowest BCUT2D eigenvalue weighted by atomic mass is 10.1. The topological polar surface area (TPSA) is 57.7 Å². The average Bonchev–Trinajstić information content (AvgIpc) is 3.15. The van der Waals surface area contributed by atoms with Crippen molar-refractivity contribution in [3.63, 3.8) is 0 Å². The van der Waals surface area contributed by atoms with Gasteiger partial charge in [0.15, 0.2) is 5.16 Å². The Labute approximate surface area is 176 Å². The number of hydrogen-bond donors (Lipinski definition) is 0. The summed E-state index contributed by atoms with van der Waals surface area (Å²) < 4.78 is 2.24. The van der Waals surface area contributed by atoms with E-state index in [-0.39, 0.29) is 0 Å². The number of rotatable bonds is 7. The van der Waals surface area contributed by atoms with Crippen molar-refractivity contribution in [3.8, 4) is 6.07 Å². The van der Waals surface area contributed by atoms with E-state index in [2.05, 4.69) is 50.0 Å². The SMILES string of the molecule is N#Cc1ccccc1CSc1nnc(CN2CCCCC2)n1Cc1ccccc1. The van der Waals surface area contributed by atoms with Gasteiger partial charge in [-0.25, -0.2) is 0 Å². The van der Waals surface area contributed by atoms with E-state index < -0.39 is 0 Å². The van der Waals surface area contributed by atoms with Crippen LogP contribution in [0.4, 0.5) is 0 Å². The molecule has 0 unspecified atom stereocenters. The number of nitriles is 1. The van der Waals surface area contributed by atoms with Gasteiger partial charge < -0.3 is 4.57 Å². The van der Waals surface area contributed by atoms with Gasteiger partial charge in [0.2, 0.25) is 0 Å². The fraction of sp³-hybridized carbons (Fsp3) is 0.348. The summed E-state index contributed by atoms with van der Waals surface area (Å²) in [6, 6.07) is 20.5. The first-order valence-corrected chi connectivity index (χ1v) is 11.1. The van der Waals surface area contributed by atoms with E-state index in [1.165, 1.54) is 24.8 Å². The third-order valence-electron chi connectivity index (χ3n) is 5.29. The van der Waals surface area contributed by atoms with E-state index in [0.717, 1.165) is 48.3 Å². The minimum atomic E-state index is 0.709. The van der Waals surface area contributed by atoms with Crippen molar-refractivity contribution >= 4 is 11.8 Å². The molecule has 1 fully saturated rings. The molecule has 0 aliphatic carbocycles. The van der Waals surface area contributed by atoms with Crippen molar-refractivity contribution in [2.45, 2.75) is 43.3 Å². The second-order valence-corrected chi connectivity index (χ2v) is 8.31. The van der Waals surface area contributed by atoms with Crippen molar-refractivity contribution < 1.29 is 0 Å². The third-order valence-corrected chi connectivity index (χ3v) is 6.30. The van der Waals surface area contributed by atoms with E-state index in [4.69, 9.17) is 0 Å². The van der Waals surface area contributed by atoms with E-state index in [1.54, 1.807) is 11.8 Å². The van der Waals surface area contributed by atoms with Crippen LogP contribution in [0.2, 0.25) is 0 Å². The maximum absolute atomic E-state index is 9.35. The highest BCUT2D eigenvalue weighted by molar-refractivity contribution is 7.98. The predicted octanol–water partition coefficient (Wildman–Crippen LogP) is 4.48. The number of aromatic nitrogens is 3. The van der Waals surface area contributed by atoms with E-state index >= 15 is 0 Å². The monoisotopic (exact) mass is 403 g/mol. The molecule has 1 aromatic heterocycles. The Morgan fingerprint density at radius 2 is 1.66 bits per heavy atom. The van der Waals surface area contributed by atoms with Crippen molar-refractivity contribution in [2.24, 2.45) is 0 Å². The molecule has 0 radical (unpaired) electrons. The van der Waals surface area contributed by atoms with Gasteiger partial charge >= 0.3 is 0 Å². The molecule has 148 valence electrons. The maximum Gasteiger partial charge on any atom is 0.191 e. The van der Waals surface area contributed by atoms with Crippen molar-refractivity contribution in [1.82, 2.24) is 19.7 Å². The van der Waals surface area contributed by atoms with E-state index in [0.29, 0.717) is 5.75 Å². The van der Waals surface area contributed by atoms with Crippen LogP contribution in [0.5, 0.6) is 0 Å². The normalized spacial score (nSPS) is 14.6. The Kier molecular flexibility index (Phi) is 6.60. The highest BCUT2D eigenvalue weighted by atomic mass is 32.2. The fourth-order valence-electron chi connectivity index (χ4n) is 3.68. The molecule has 6 heteroatoms. The van der Waals surface area contributed by atoms with Crippen LogP contribution in [0, 0.1) is 11.3 Å². The lowest BCUT2D eigenvalue weighted by Gasteiger charge is -2.26. The fourth-order valence-corrected chi connectivity index (χ4v) is 4.64. The summed E-state index contributed by atoms with van der Waals surface area (Å²) in [5.41, 5.74) is 3.00. The number of likely N-dealkylation sites (tertiary alicyclic amines) is 1.